The van der Waals surface area contributed by atoms with Gasteiger partial charge in [-0.25, -0.2) is 0 Å². The third-order valence-corrected chi connectivity index (χ3v) is 18.7. The molecule has 10 atom stereocenters. The topological polar surface area (TPSA) is 114 Å². The Hall–Kier alpha value is -1.84. The maximum Gasteiger partial charge on any atom is 0.120 e. The quantitative estimate of drug-likeness (QED) is 0.0473. The molecule has 6 aliphatic carbocycles. The average Bonchev–Trinajstić information content (AvgIpc) is 3.80. The van der Waals surface area contributed by atoms with Crippen molar-refractivity contribution < 1.29 is 25.2 Å². The Morgan fingerprint density at radius 3 is 1.40 bits per heavy atom. The molecule has 0 amide bonds. The van der Waals surface area contributed by atoms with Crippen molar-refractivity contribution in [1.29, 1.82) is 0 Å². The predicted octanol–water partition coefficient (Wildman–Crippen LogP) is 13.1. The van der Waals surface area contributed by atoms with Gasteiger partial charge in [0.05, 0.1) is 11.2 Å². The molecule has 0 aromatic heterocycles. The summed E-state index contributed by atoms with van der Waals surface area (Å²) in [6.07, 6.45) is 34.2. The minimum Gasteiger partial charge on any atom is -0.390 e. The summed E-state index contributed by atoms with van der Waals surface area (Å²) in [5, 5.41) is 50.8. The highest BCUT2D eigenvalue weighted by molar-refractivity contribution is 5.38. The van der Waals surface area contributed by atoms with Crippen molar-refractivity contribution in [1.82, 2.24) is 10.6 Å². The molecule has 0 aromatic rings. The highest BCUT2D eigenvalue weighted by atomic mass is 16.5. The molecular formula is C60H100N2O5. The van der Waals surface area contributed by atoms with E-state index >= 15 is 0 Å². The van der Waals surface area contributed by atoms with Crippen LogP contribution in [0.5, 0.6) is 0 Å². The summed E-state index contributed by atoms with van der Waals surface area (Å²) in [6.45, 7) is 29.3. The first kappa shape index (κ1) is 54.5. The Kier molecular flexibility index (Phi) is 18.8. The van der Waals surface area contributed by atoms with Gasteiger partial charge in [-0.2, -0.15) is 0 Å². The molecular weight excluding hydrogens is 829 g/mol. The number of fused-ring (bicyclic) bond motifs is 2. The Balaban J connectivity index is 0.894. The molecule has 0 aliphatic heterocycles. The van der Waals surface area contributed by atoms with Crippen molar-refractivity contribution >= 4 is 0 Å². The molecule has 0 heterocycles. The molecule has 6 aliphatic rings. The fourth-order valence-corrected chi connectivity index (χ4v) is 14.8. The van der Waals surface area contributed by atoms with Gasteiger partial charge in [0.25, 0.3) is 0 Å². The van der Waals surface area contributed by atoms with Crippen molar-refractivity contribution in [2.75, 3.05) is 26.3 Å². The van der Waals surface area contributed by atoms with Crippen LogP contribution in [-0.2, 0) is 4.74 Å². The van der Waals surface area contributed by atoms with Gasteiger partial charge in [0.2, 0.25) is 0 Å². The number of aliphatic hydroxyl groups is 4. The summed E-state index contributed by atoms with van der Waals surface area (Å²) in [4.78, 5) is 0. The highest BCUT2D eigenvalue weighted by Crippen LogP contribution is 2.61. The zero-order valence-corrected chi connectivity index (χ0v) is 44.2. The van der Waals surface area contributed by atoms with Gasteiger partial charge < -0.3 is 25.2 Å². The fourth-order valence-electron chi connectivity index (χ4n) is 14.8. The van der Waals surface area contributed by atoms with Gasteiger partial charge in [-0.05, 0) is 214 Å². The molecule has 7 nitrogen and oxygen atoms in total. The molecule has 380 valence electrons. The van der Waals surface area contributed by atoms with Crippen LogP contribution in [0.2, 0.25) is 0 Å². The van der Waals surface area contributed by atoms with E-state index in [1.54, 1.807) is 11.1 Å². The average molecular weight is 929 g/mol. The van der Waals surface area contributed by atoms with E-state index in [0.29, 0.717) is 86.5 Å². The first-order valence-electron chi connectivity index (χ1n) is 27.7. The summed E-state index contributed by atoms with van der Waals surface area (Å²) >= 11 is 0. The van der Waals surface area contributed by atoms with E-state index in [9.17, 15) is 20.4 Å². The second-order valence-electron chi connectivity index (χ2n) is 25.2. The van der Waals surface area contributed by atoms with Gasteiger partial charge in [-0.3, -0.25) is 10.6 Å². The van der Waals surface area contributed by atoms with E-state index in [4.69, 9.17) is 4.74 Å². The second-order valence-corrected chi connectivity index (χ2v) is 25.2. The molecule has 7 heteroatoms. The van der Waals surface area contributed by atoms with Crippen LogP contribution in [0.15, 0.2) is 70.9 Å². The Bertz CT molecular complexity index is 1670. The highest BCUT2D eigenvalue weighted by Gasteiger charge is 2.52. The van der Waals surface area contributed by atoms with Gasteiger partial charge in [-0.1, -0.05) is 113 Å². The first-order chi connectivity index (χ1) is 31.5. The van der Waals surface area contributed by atoms with E-state index in [1.165, 1.54) is 88.2 Å². The SMILES string of the molecule is C=C1CC[C@](O)(NCCCOCCCN[C@@]2(O)CCC(=C)/C(=C\C=C3CCC[C@@]4(C)C3CC[C@@H]4[C@H](C)CCCC(C)(C)O)C2)C/C1=C/C=C1CCC[C@@]2(C)C1CC[C@@H]2[C@H](C)CCCC(C)(C)O. The zero-order chi connectivity index (χ0) is 48.7. The number of allylic oxidation sites excluding steroid dienone is 8. The third kappa shape index (κ3) is 14.6. The minimum absolute atomic E-state index is 0.353. The first-order valence-corrected chi connectivity index (χ1v) is 27.7. The van der Waals surface area contributed by atoms with Gasteiger partial charge >= 0.3 is 0 Å². The maximum atomic E-state index is 11.7. The van der Waals surface area contributed by atoms with E-state index in [-0.39, 0.29) is 0 Å². The second kappa shape index (κ2) is 23.1. The fraction of sp³-hybridized carbons (Fsp3) is 0.800. The van der Waals surface area contributed by atoms with Crippen LogP contribution >= 0.6 is 0 Å². The van der Waals surface area contributed by atoms with Crippen molar-refractivity contribution in [3.63, 3.8) is 0 Å². The number of nitrogens with one attached hydrogen (secondary N) is 2. The third-order valence-electron chi connectivity index (χ3n) is 18.7. The van der Waals surface area contributed by atoms with Crippen molar-refractivity contribution in [3.05, 3.63) is 70.9 Å². The lowest BCUT2D eigenvalue weighted by molar-refractivity contribution is -0.0112. The van der Waals surface area contributed by atoms with Gasteiger partial charge in [-0.15, -0.1) is 0 Å². The molecule has 0 spiro atoms. The number of ether oxygens (including phenoxy) is 1. The summed E-state index contributed by atoms with van der Waals surface area (Å²) in [6, 6.07) is 0. The lowest BCUT2D eigenvalue weighted by Gasteiger charge is -2.44. The number of rotatable bonds is 22. The Morgan fingerprint density at radius 1 is 0.612 bits per heavy atom. The molecule has 0 aromatic carbocycles. The summed E-state index contributed by atoms with van der Waals surface area (Å²) in [5.41, 5.74) is 5.58. The van der Waals surface area contributed by atoms with Crippen LogP contribution < -0.4 is 10.6 Å². The van der Waals surface area contributed by atoms with E-state index in [2.05, 4.69) is 75.8 Å². The van der Waals surface area contributed by atoms with Gasteiger partial charge in [0.15, 0.2) is 0 Å². The van der Waals surface area contributed by atoms with Crippen LogP contribution in [0.3, 0.4) is 0 Å². The van der Waals surface area contributed by atoms with Gasteiger partial charge in [0, 0.05) is 26.1 Å². The van der Waals surface area contributed by atoms with E-state index in [1.807, 2.05) is 27.7 Å². The number of hydrogen-bond acceptors (Lipinski definition) is 7. The lowest BCUT2D eigenvalue weighted by Crippen LogP contribution is -2.48. The Labute approximate surface area is 409 Å². The monoisotopic (exact) mass is 929 g/mol. The lowest BCUT2D eigenvalue weighted by atomic mass is 9.60. The molecule has 6 rings (SSSR count). The van der Waals surface area contributed by atoms with Gasteiger partial charge in [0.1, 0.15) is 11.4 Å². The minimum atomic E-state index is -0.924. The molecule has 67 heavy (non-hydrogen) atoms. The van der Waals surface area contributed by atoms with Crippen LogP contribution in [0, 0.1) is 46.3 Å². The molecule has 0 saturated heterocycles. The summed E-state index contributed by atoms with van der Waals surface area (Å²) < 4.78 is 6.03. The largest absolute Gasteiger partial charge is 0.390 e. The van der Waals surface area contributed by atoms with Crippen LogP contribution in [0.25, 0.3) is 0 Å². The molecule has 0 bridgehead atoms. The van der Waals surface area contributed by atoms with Crippen molar-refractivity contribution in [2.24, 2.45) is 46.3 Å². The Morgan fingerprint density at radius 2 is 1.01 bits per heavy atom. The molecule has 0 radical (unpaired) electrons. The van der Waals surface area contributed by atoms with Crippen molar-refractivity contribution in [3.8, 4) is 0 Å². The maximum absolute atomic E-state index is 11.7. The van der Waals surface area contributed by atoms with Crippen LogP contribution in [-0.4, -0.2) is 69.4 Å². The van der Waals surface area contributed by atoms with Crippen LogP contribution in [0.4, 0.5) is 0 Å². The molecule has 6 fully saturated rings. The standard InChI is InChI=1S/C60H100N2O5/c1-43-29-35-59(65,41-49(43)23-21-47-19-13-33-57(9)51(25-27-53(47)57)45(3)17-11-31-55(5,6)63)61-37-15-39-67-40-16-38-62-60(66)36-30-44(2)50(42-60)24-22-48-20-14-34-58(10)52(26-28-54(48)58)46(4)18-12-32-56(7,8)64/h21-24,45-46,51-54,61-66H,1-2,11-20,25-42H2,3-10H3/b47-21?,48-22?,49-23-,50-24-/t45-,46-,51-,52-,53?,54?,57-,58-,59-,60-/m1/s1. The smallest absolute Gasteiger partial charge is 0.120 e. The molecule has 6 saturated carbocycles. The van der Waals surface area contributed by atoms with Crippen molar-refractivity contribution in [2.45, 2.75) is 232 Å². The molecule has 2 unspecified atom stereocenters. The zero-order valence-electron chi connectivity index (χ0n) is 44.2. The van der Waals surface area contributed by atoms with E-state index < -0.39 is 22.7 Å². The normalized spacial score (nSPS) is 36.3. The predicted molar refractivity (Wildman–Crippen MR) is 279 cm³/mol. The van der Waals surface area contributed by atoms with Crippen LogP contribution in [0.1, 0.15) is 209 Å². The van der Waals surface area contributed by atoms with E-state index in [0.717, 1.165) is 74.3 Å². The number of hydrogen-bond donors (Lipinski definition) is 6. The summed E-state index contributed by atoms with van der Waals surface area (Å²) in [7, 11) is 0. The molecule has 6 N–H and O–H groups in total. The summed E-state index contributed by atoms with van der Waals surface area (Å²) in [5.74, 6) is 4.13.